The number of rotatable bonds is 9. The number of fused-ring (bicyclic) bond motifs is 1. The second-order valence-electron chi connectivity index (χ2n) is 12.9. The molecule has 0 radical (unpaired) electrons. The number of nitrogens with zero attached hydrogens (tertiary/aromatic N) is 4. The van der Waals surface area contributed by atoms with E-state index in [1.165, 1.54) is 17.8 Å². The number of carbonyl (C=O) groups excluding carboxylic acids is 2. The van der Waals surface area contributed by atoms with E-state index in [4.69, 9.17) is 14.5 Å². The first-order valence-corrected chi connectivity index (χ1v) is 14.4. The van der Waals surface area contributed by atoms with E-state index >= 15 is 0 Å². The van der Waals surface area contributed by atoms with Crippen molar-refractivity contribution in [1.29, 1.82) is 0 Å². The van der Waals surface area contributed by atoms with Gasteiger partial charge in [0.05, 0.1) is 49.9 Å². The molecule has 1 saturated heterocycles. The number of amides is 3. The predicted octanol–water partition coefficient (Wildman–Crippen LogP) is 4.86. The molecule has 42 heavy (non-hydrogen) atoms. The van der Waals surface area contributed by atoms with Crippen molar-refractivity contribution in [3.63, 3.8) is 0 Å². The number of alkyl carbamates (subject to hydrolysis) is 1. The lowest BCUT2D eigenvalue weighted by molar-refractivity contribution is -0.150. The van der Waals surface area contributed by atoms with E-state index in [1.807, 2.05) is 5.32 Å². The quantitative estimate of drug-likeness (QED) is 0.401. The van der Waals surface area contributed by atoms with E-state index < -0.39 is 48.6 Å². The van der Waals surface area contributed by atoms with Crippen molar-refractivity contribution in [3.8, 4) is 0 Å². The van der Waals surface area contributed by atoms with Crippen LogP contribution < -0.4 is 10.6 Å². The Labute approximate surface area is 240 Å². The molecule has 3 amide bonds. The van der Waals surface area contributed by atoms with Gasteiger partial charge in [0.1, 0.15) is 11.7 Å². The minimum atomic E-state index is -4.58. The van der Waals surface area contributed by atoms with E-state index in [0.29, 0.717) is 49.2 Å². The average molecular weight is 597 g/mol. The Kier molecular flexibility index (Phi) is 7.25. The van der Waals surface area contributed by atoms with Crippen LogP contribution in [0.4, 0.5) is 27.2 Å². The van der Waals surface area contributed by atoms with Crippen LogP contribution in [-0.2, 0) is 9.47 Å². The maximum atomic E-state index is 14.6. The summed E-state index contributed by atoms with van der Waals surface area (Å²) in [5.74, 6) is 0.695. The lowest BCUT2D eigenvalue weighted by Gasteiger charge is -2.61. The van der Waals surface area contributed by atoms with Crippen molar-refractivity contribution in [3.05, 3.63) is 29.7 Å². The fourth-order valence-corrected chi connectivity index (χ4v) is 7.01. The minimum absolute atomic E-state index is 0.0499. The van der Waals surface area contributed by atoms with Crippen molar-refractivity contribution in [2.75, 3.05) is 26.9 Å². The molecule has 7 rings (SSSR count). The van der Waals surface area contributed by atoms with E-state index in [0.717, 1.165) is 30.1 Å². The molecular formula is C28H36F4N6O4. The van der Waals surface area contributed by atoms with Gasteiger partial charge in [-0.25, -0.2) is 23.5 Å². The highest BCUT2D eigenvalue weighted by atomic mass is 19.4. The molecule has 5 fully saturated rings. The molecule has 0 spiro atoms. The zero-order valence-electron chi connectivity index (χ0n) is 23.6. The first-order valence-electron chi connectivity index (χ1n) is 14.4. The predicted molar refractivity (Wildman–Crippen MR) is 141 cm³/mol. The molecule has 5 aliphatic rings. The molecule has 4 aliphatic carbocycles. The van der Waals surface area contributed by atoms with Gasteiger partial charge in [-0.2, -0.15) is 18.3 Å². The summed E-state index contributed by atoms with van der Waals surface area (Å²) in [4.78, 5) is 31.2. The number of methoxy groups -OCH3 is 1. The molecule has 2 bridgehead atoms. The summed E-state index contributed by atoms with van der Waals surface area (Å²) in [6, 6.07) is -2.56. The van der Waals surface area contributed by atoms with Crippen LogP contribution in [-0.4, -0.2) is 76.4 Å². The van der Waals surface area contributed by atoms with Crippen molar-refractivity contribution in [1.82, 2.24) is 30.1 Å². The van der Waals surface area contributed by atoms with Crippen LogP contribution in [0.2, 0.25) is 0 Å². The van der Waals surface area contributed by atoms with Gasteiger partial charge in [0, 0.05) is 18.1 Å². The number of ether oxygens (including phenoxy) is 2. The molecule has 3 atom stereocenters. The molecule has 3 heterocycles. The fraction of sp³-hybridized carbons (Fsp3) is 0.714. The van der Waals surface area contributed by atoms with Crippen molar-refractivity contribution in [2.45, 2.75) is 81.8 Å². The van der Waals surface area contributed by atoms with Crippen LogP contribution in [0.3, 0.4) is 0 Å². The van der Waals surface area contributed by atoms with Crippen molar-refractivity contribution in [2.24, 2.45) is 17.3 Å². The van der Waals surface area contributed by atoms with Crippen molar-refractivity contribution < 1.29 is 36.6 Å². The molecule has 14 heteroatoms. The maximum absolute atomic E-state index is 14.6. The SMILES string of the molecule is COC[C@H](c1cnn2cc([C@@H](NC(=O)OCC34CC(C3)C4)C3CCC(C)(F)CC3)nc2c1)N1C[C@@H](C(F)(F)F)NC1=O. The van der Waals surface area contributed by atoms with Gasteiger partial charge in [-0.1, -0.05) is 0 Å². The van der Waals surface area contributed by atoms with E-state index in [-0.39, 0.29) is 17.9 Å². The van der Waals surface area contributed by atoms with Gasteiger partial charge in [-0.3, -0.25) is 0 Å². The summed E-state index contributed by atoms with van der Waals surface area (Å²) in [6.45, 7) is 1.36. The Morgan fingerprint density at radius 2 is 1.98 bits per heavy atom. The van der Waals surface area contributed by atoms with Gasteiger partial charge in [0.15, 0.2) is 5.65 Å². The third-order valence-electron chi connectivity index (χ3n) is 9.59. The van der Waals surface area contributed by atoms with Crippen molar-refractivity contribution >= 4 is 17.8 Å². The number of imidazole rings is 1. The lowest BCUT2D eigenvalue weighted by atomic mass is 9.45. The van der Waals surface area contributed by atoms with E-state index in [2.05, 4.69) is 10.4 Å². The molecule has 4 saturated carbocycles. The Morgan fingerprint density at radius 1 is 1.26 bits per heavy atom. The number of carbonyl (C=O) groups is 2. The van der Waals surface area contributed by atoms with Gasteiger partial charge < -0.3 is 25.0 Å². The summed E-state index contributed by atoms with van der Waals surface area (Å²) in [6.07, 6.45) is 3.15. The van der Waals surface area contributed by atoms with Crippen LogP contribution in [0.25, 0.3) is 5.65 Å². The molecule has 230 valence electrons. The molecular weight excluding hydrogens is 560 g/mol. The van der Waals surface area contributed by atoms with Crippen LogP contribution in [0.1, 0.15) is 75.2 Å². The number of halogens is 4. The second kappa shape index (κ2) is 10.5. The summed E-state index contributed by atoms with van der Waals surface area (Å²) >= 11 is 0. The number of hydrogen-bond donors (Lipinski definition) is 2. The topological polar surface area (TPSA) is 110 Å². The van der Waals surface area contributed by atoms with E-state index in [1.54, 1.807) is 19.2 Å². The normalized spacial score (nSPS) is 32.1. The standard InChI is InChI=1S/C28H36F4N6O4/c1-26(29)5-3-17(4-6-26)23(36-25(40)42-15-27-8-16(9-27)10-27)19-12-38-22(34-19)7-18(11-33-38)20(14-41-2)37-13-21(28(30,31)32)35-24(37)39/h7,11-12,16-17,20-21,23H,3-6,8-10,13-15H2,1-2H3,(H,35,39)(H,36,40)/t16?,17?,20-,21+,23+,26?,27?/m1/s1. The Bertz CT molecular complexity index is 1320. The first-order chi connectivity index (χ1) is 19.8. The minimum Gasteiger partial charge on any atom is -0.449 e. The monoisotopic (exact) mass is 596 g/mol. The third-order valence-corrected chi connectivity index (χ3v) is 9.59. The molecule has 1 aliphatic heterocycles. The fourth-order valence-electron chi connectivity index (χ4n) is 7.01. The van der Waals surface area contributed by atoms with Crippen LogP contribution in [0.5, 0.6) is 0 Å². The highest BCUT2D eigenvalue weighted by Crippen LogP contribution is 2.64. The largest absolute Gasteiger partial charge is 0.449 e. The number of alkyl halides is 4. The summed E-state index contributed by atoms with van der Waals surface area (Å²) in [5.41, 5.74) is 0.231. The van der Waals surface area contributed by atoms with Gasteiger partial charge >= 0.3 is 18.3 Å². The highest BCUT2D eigenvalue weighted by molar-refractivity contribution is 5.77. The summed E-state index contributed by atoms with van der Waals surface area (Å²) in [7, 11) is 1.40. The molecule has 2 aromatic rings. The molecule has 10 nitrogen and oxygen atoms in total. The molecule has 2 N–H and O–H groups in total. The van der Waals surface area contributed by atoms with E-state index in [9.17, 15) is 27.2 Å². The van der Waals surface area contributed by atoms with Gasteiger partial charge in [0.25, 0.3) is 0 Å². The second-order valence-corrected chi connectivity index (χ2v) is 12.9. The van der Waals surface area contributed by atoms with Crippen LogP contribution >= 0.6 is 0 Å². The van der Waals surface area contributed by atoms with Gasteiger partial charge in [0.2, 0.25) is 0 Å². The summed E-state index contributed by atoms with van der Waals surface area (Å²) < 4.78 is 66.9. The third kappa shape index (κ3) is 5.61. The Morgan fingerprint density at radius 3 is 2.57 bits per heavy atom. The zero-order chi connectivity index (χ0) is 29.9. The Balaban J connectivity index is 1.23. The maximum Gasteiger partial charge on any atom is 0.410 e. The lowest BCUT2D eigenvalue weighted by Crippen LogP contribution is -2.55. The number of hydrogen-bond acceptors (Lipinski definition) is 6. The number of urea groups is 1. The zero-order valence-corrected chi connectivity index (χ0v) is 23.6. The van der Waals surface area contributed by atoms with Gasteiger partial charge in [-0.15, -0.1) is 0 Å². The highest BCUT2D eigenvalue weighted by Gasteiger charge is 2.57. The molecule has 0 unspecified atom stereocenters. The smallest absolute Gasteiger partial charge is 0.410 e. The first kappa shape index (κ1) is 28.9. The summed E-state index contributed by atoms with van der Waals surface area (Å²) in [5, 5.41) is 9.37. The van der Waals surface area contributed by atoms with Crippen LogP contribution in [0, 0.1) is 17.3 Å². The molecule has 2 aromatic heterocycles. The van der Waals surface area contributed by atoms with Crippen LogP contribution in [0.15, 0.2) is 18.5 Å². The average Bonchev–Trinajstić information content (AvgIpc) is 3.47. The Hall–Kier alpha value is -3.16. The van der Waals surface area contributed by atoms with Gasteiger partial charge in [-0.05, 0) is 69.8 Å². The number of nitrogens with one attached hydrogen (secondary N) is 2. The molecule has 0 aromatic carbocycles. The number of aromatic nitrogens is 3.